The number of ether oxygens (including phenoxy) is 1. The maximum Gasteiger partial charge on any atom is 0.321 e. The summed E-state index contributed by atoms with van der Waals surface area (Å²) in [4.78, 5) is 38.8. The molecule has 10 nitrogen and oxygen atoms in total. The number of carbonyl (C=O) groups excluding carboxylic acids is 1. The summed E-state index contributed by atoms with van der Waals surface area (Å²) in [5, 5.41) is 15.3. The number of rotatable bonds is 6. The van der Waals surface area contributed by atoms with Gasteiger partial charge >= 0.3 is 12.0 Å². The first kappa shape index (κ1) is 29.8. The van der Waals surface area contributed by atoms with Gasteiger partial charge in [-0.15, -0.1) is 0 Å². The summed E-state index contributed by atoms with van der Waals surface area (Å²) < 4.78 is 6.47. The Labute approximate surface area is 222 Å². The Kier molecular flexibility index (Phi) is 11.0. The second-order valence-electron chi connectivity index (χ2n) is 8.15. The molecule has 0 saturated carbocycles. The van der Waals surface area contributed by atoms with Crippen molar-refractivity contribution in [3.8, 4) is 16.9 Å². The molecule has 3 aromatic rings. The molecule has 0 unspecified atom stereocenters. The van der Waals surface area contributed by atoms with E-state index >= 15 is 0 Å². The lowest BCUT2D eigenvalue weighted by Crippen LogP contribution is -2.43. The van der Waals surface area contributed by atoms with Crippen LogP contribution in [0.3, 0.4) is 0 Å². The first-order chi connectivity index (χ1) is 17.8. The Morgan fingerprint density at radius 3 is 2.30 bits per heavy atom. The van der Waals surface area contributed by atoms with E-state index in [4.69, 9.17) is 4.74 Å². The van der Waals surface area contributed by atoms with Crippen LogP contribution in [-0.2, 0) is 4.79 Å². The van der Waals surface area contributed by atoms with Gasteiger partial charge in [0.15, 0.2) is 5.13 Å². The van der Waals surface area contributed by atoms with Crippen LogP contribution in [0, 0.1) is 5.41 Å². The number of carboxylic acid groups (broad SMARTS) is 1. The van der Waals surface area contributed by atoms with Crippen molar-refractivity contribution in [3.05, 3.63) is 24.5 Å². The molecule has 3 heterocycles. The Bertz CT molecular complexity index is 1170. The van der Waals surface area contributed by atoms with Gasteiger partial charge in [0.2, 0.25) is 5.95 Å². The van der Waals surface area contributed by atoms with Crippen LogP contribution in [0.5, 0.6) is 5.75 Å². The first-order valence-electron chi connectivity index (χ1n) is 12.7. The van der Waals surface area contributed by atoms with Crippen molar-refractivity contribution in [2.45, 2.75) is 54.4 Å². The van der Waals surface area contributed by atoms with Crippen molar-refractivity contribution in [2.24, 2.45) is 5.41 Å². The molecule has 0 radical (unpaired) electrons. The van der Waals surface area contributed by atoms with Gasteiger partial charge in [0.1, 0.15) is 5.75 Å². The summed E-state index contributed by atoms with van der Waals surface area (Å²) in [6.45, 7) is 13.4. The molecule has 11 heteroatoms. The molecule has 1 aliphatic rings. The summed E-state index contributed by atoms with van der Waals surface area (Å²) in [6, 6.07) is 3.48. The second kappa shape index (κ2) is 13.7. The van der Waals surface area contributed by atoms with E-state index in [1.807, 2.05) is 51.7 Å². The fourth-order valence-corrected chi connectivity index (χ4v) is 4.61. The molecule has 0 bridgehead atoms. The zero-order valence-electron chi connectivity index (χ0n) is 22.7. The Hall–Kier alpha value is -3.47. The quantitative estimate of drug-likeness (QED) is 0.373. The number of thiazole rings is 1. The lowest BCUT2D eigenvalue weighted by atomic mass is 9.80. The van der Waals surface area contributed by atoms with E-state index < -0.39 is 11.4 Å². The van der Waals surface area contributed by atoms with E-state index in [2.05, 4.69) is 25.6 Å². The van der Waals surface area contributed by atoms with E-state index in [9.17, 15) is 14.7 Å². The number of carbonyl (C=O) groups is 2. The minimum atomic E-state index is -0.757. The number of methoxy groups -OCH3 is 1. The number of aliphatic carboxylic acids is 1. The molecule has 4 rings (SSSR count). The molecule has 0 aliphatic carbocycles. The number of piperidine rings is 1. The van der Waals surface area contributed by atoms with Crippen molar-refractivity contribution in [1.82, 2.24) is 20.3 Å². The van der Waals surface area contributed by atoms with Crippen LogP contribution in [0.15, 0.2) is 24.5 Å². The molecule has 202 valence electrons. The highest BCUT2D eigenvalue weighted by Crippen LogP contribution is 2.37. The summed E-state index contributed by atoms with van der Waals surface area (Å²) in [7, 11) is 1.60. The third-order valence-corrected chi connectivity index (χ3v) is 6.82. The average molecular weight is 531 g/mol. The average Bonchev–Trinajstić information content (AvgIpc) is 3.31. The van der Waals surface area contributed by atoms with Crippen LogP contribution in [-0.4, -0.2) is 58.8 Å². The second-order valence-corrected chi connectivity index (χ2v) is 9.18. The predicted molar refractivity (Wildman–Crippen MR) is 150 cm³/mol. The van der Waals surface area contributed by atoms with Crippen molar-refractivity contribution in [3.63, 3.8) is 0 Å². The summed E-state index contributed by atoms with van der Waals surface area (Å²) in [5.41, 5.74) is 1.60. The molecular formula is C26H38N6O4S. The van der Waals surface area contributed by atoms with Crippen LogP contribution in [0.4, 0.5) is 15.9 Å². The van der Waals surface area contributed by atoms with Gasteiger partial charge < -0.3 is 20.1 Å². The first-order valence-corrected chi connectivity index (χ1v) is 13.5. The molecule has 2 amide bonds. The summed E-state index contributed by atoms with van der Waals surface area (Å²) in [6.07, 6.45) is 4.57. The number of aromatic nitrogens is 3. The fourth-order valence-electron chi connectivity index (χ4n) is 3.74. The number of fused-ring (bicyclic) bond motifs is 1. The van der Waals surface area contributed by atoms with E-state index in [1.165, 1.54) is 11.3 Å². The maximum absolute atomic E-state index is 11.8. The van der Waals surface area contributed by atoms with Gasteiger partial charge in [-0.3, -0.25) is 10.1 Å². The number of nitrogens with zero attached hydrogens (tertiary/aromatic N) is 4. The molecule has 2 aromatic heterocycles. The molecule has 1 fully saturated rings. The van der Waals surface area contributed by atoms with Gasteiger partial charge in [0.25, 0.3) is 0 Å². The molecule has 37 heavy (non-hydrogen) atoms. The molecular weight excluding hydrogens is 492 g/mol. The molecule has 3 N–H and O–H groups in total. The molecule has 0 spiro atoms. The highest BCUT2D eigenvalue weighted by molar-refractivity contribution is 7.22. The van der Waals surface area contributed by atoms with E-state index in [1.54, 1.807) is 26.4 Å². The molecule has 1 aliphatic heterocycles. The predicted octanol–water partition coefficient (Wildman–Crippen LogP) is 5.65. The zero-order valence-corrected chi connectivity index (χ0v) is 23.5. The highest BCUT2D eigenvalue weighted by atomic mass is 32.1. The van der Waals surface area contributed by atoms with Gasteiger partial charge in [-0.1, -0.05) is 39.0 Å². The van der Waals surface area contributed by atoms with E-state index in [-0.39, 0.29) is 6.03 Å². The minimum absolute atomic E-state index is 0.297. The highest BCUT2D eigenvalue weighted by Gasteiger charge is 2.37. The van der Waals surface area contributed by atoms with Crippen molar-refractivity contribution in [1.29, 1.82) is 0 Å². The number of anilines is 2. The number of benzene rings is 1. The monoisotopic (exact) mass is 530 g/mol. The topological polar surface area (TPSA) is 130 Å². The Morgan fingerprint density at radius 1 is 1.14 bits per heavy atom. The van der Waals surface area contributed by atoms with Crippen molar-refractivity contribution in [2.75, 3.05) is 37.0 Å². The SMILES string of the molecule is CC.CC.CCNC(=O)Nc1nc2cc(-c3cnc(N4CCC(C)(C(=O)O)CC4)nc3)c(OC)cc2s1. The lowest BCUT2D eigenvalue weighted by molar-refractivity contribution is -0.149. The van der Waals surface area contributed by atoms with Crippen LogP contribution in [0.2, 0.25) is 0 Å². The van der Waals surface area contributed by atoms with Crippen molar-refractivity contribution >= 4 is 44.6 Å². The largest absolute Gasteiger partial charge is 0.496 e. The van der Waals surface area contributed by atoms with Gasteiger partial charge in [-0.25, -0.2) is 19.7 Å². The Morgan fingerprint density at radius 2 is 1.76 bits per heavy atom. The van der Waals surface area contributed by atoms with Gasteiger partial charge in [0.05, 0.1) is 22.7 Å². The van der Waals surface area contributed by atoms with Gasteiger partial charge in [0, 0.05) is 49.2 Å². The van der Waals surface area contributed by atoms with Crippen LogP contribution >= 0.6 is 11.3 Å². The van der Waals surface area contributed by atoms with Crippen molar-refractivity contribution < 1.29 is 19.4 Å². The fraction of sp³-hybridized carbons (Fsp3) is 0.500. The normalized spacial score (nSPS) is 14.0. The maximum atomic E-state index is 11.8. The Balaban J connectivity index is 0.00000115. The minimum Gasteiger partial charge on any atom is -0.496 e. The number of hydrogen-bond acceptors (Lipinski definition) is 8. The van der Waals surface area contributed by atoms with Crippen LogP contribution in [0.25, 0.3) is 21.3 Å². The number of carboxylic acids is 1. The summed E-state index contributed by atoms with van der Waals surface area (Å²) >= 11 is 1.37. The zero-order chi connectivity index (χ0) is 27.6. The van der Waals surface area contributed by atoms with Crippen LogP contribution < -0.4 is 20.3 Å². The molecule has 0 atom stereocenters. The number of nitrogens with one attached hydrogen (secondary N) is 2. The number of urea groups is 1. The standard InChI is InChI=1S/C22H26N6O4S.2C2H6/c1-4-23-20(31)27-21-26-15-9-14(16(32-3)10-17(15)33-21)13-11-24-19(25-12-13)28-7-5-22(2,6-8-28)18(29)30;2*1-2/h9-12H,4-8H2,1-3H3,(H,29,30)(H2,23,26,27,31);2*1-2H3. The summed E-state index contributed by atoms with van der Waals surface area (Å²) in [5.74, 6) is 0.475. The lowest BCUT2D eigenvalue weighted by Gasteiger charge is -2.36. The third kappa shape index (κ3) is 7.06. The number of amides is 2. The smallest absolute Gasteiger partial charge is 0.321 e. The molecule has 1 saturated heterocycles. The molecule has 1 aromatic carbocycles. The number of hydrogen-bond donors (Lipinski definition) is 3. The van der Waals surface area contributed by atoms with Crippen LogP contribution in [0.1, 0.15) is 54.4 Å². The van der Waals surface area contributed by atoms with Gasteiger partial charge in [-0.05, 0) is 32.8 Å². The van der Waals surface area contributed by atoms with Gasteiger partial charge in [-0.2, -0.15) is 0 Å². The van der Waals surface area contributed by atoms with E-state index in [0.717, 1.165) is 21.3 Å². The van der Waals surface area contributed by atoms with E-state index in [0.29, 0.717) is 49.3 Å². The third-order valence-electron chi connectivity index (χ3n) is 5.88.